The van der Waals surface area contributed by atoms with Crippen LogP contribution in [0.5, 0.6) is 0 Å². The minimum absolute atomic E-state index is 0. The van der Waals surface area contributed by atoms with Crippen LogP contribution >= 0.6 is 46.2 Å². The van der Waals surface area contributed by atoms with E-state index in [1.807, 2.05) is 0 Å². The summed E-state index contributed by atoms with van der Waals surface area (Å²) in [5.74, 6) is 0. The summed E-state index contributed by atoms with van der Waals surface area (Å²) in [4.78, 5) is 4.90. The second-order valence-corrected chi connectivity index (χ2v) is 6.21. The topological polar surface area (TPSA) is 49.0 Å². The van der Waals surface area contributed by atoms with Crippen LogP contribution in [0.15, 0.2) is 0 Å². The molecule has 0 bridgehead atoms. The summed E-state index contributed by atoms with van der Waals surface area (Å²) >= 11 is 5.30. The van der Waals surface area contributed by atoms with E-state index in [1.165, 1.54) is 0 Å². The molecule has 0 saturated carbocycles. The SMILES string of the molecule is Br.Br.S=C(NCCCN1CCOCC1)NCCCN1CCOCC1. The van der Waals surface area contributed by atoms with Crippen LogP contribution in [0.3, 0.4) is 0 Å². The number of thiocarbonyl (C=S) groups is 1. The van der Waals surface area contributed by atoms with Gasteiger partial charge in [0.15, 0.2) is 5.11 Å². The van der Waals surface area contributed by atoms with E-state index in [2.05, 4.69) is 20.4 Å². The number of ether oxygens (including phenoxy) is 2. The molecular weight excluding hydrogens is 460 g/mol. The van der Waals surface area contributed by atoms with Gasteiger partial charge in [0.1, 0.15) is 0 Å². The molecule has 2 rings (SSSR count). The van der Waals surface area contributed by atoms with Crippen LogP contribution in [0.4, 0.5) is 0 Å². The van der Waals surface area contributed by atoms with Crippen molar-refractivity contribution in [3.8, 4) is 0 Å². The first-order valence-electron chi connectivity index (χ1n) is 8.46. The number of hydrogen-bond donors (Lipinski definition) is 2. The zero-order chi connectivity index (χ0) is 15.5. The third kappa shape index (κ3) is 11.2. The number of hydrogen-bond acceptors (Lipinski definition) is 5. The van der Waals surface area contributed by atoms with Gasteiger partial charge < -0.3 is 20.1 Å². The average molecular weight is 492 g/mol. The van der Waals surface area contributed by atoms with E-state index in [-0.39, 0.29) is 34.0 Å². The molecule has 0 atom stereocenters. The molecule has 9 heteroatoms. The van der Waals surface area contributed by atoms with Crippen LogP contribution in [0.25, 0.3) is 0 Å². The average Bonchev–Trinajstić information content (AvgIpc) is 2.57. The lowest BCUT2D eigenvalue weighted by molar-refractivity contribution is 0.0375. The van der Waals surface area contributed by atoms with E-state index in [0.29, 0.717) is 0 Å². The highest BCUT2D eigenvalue weighted by Crippen LogP contribution is 1.98. The van der Waals surface area contributed by atoms with E-state index in [1.54, 1.807) is 0 Å². The fourth-order valence-electron chi connectivity index (χ4n) is 2.72. The first-order chi connectivity index (χ1) is 10.8. The van der Waals surface area contributed by atoms with Crippen molar-refractivity contribution < 1.29 is 9.47 Å². The van der Waals surface area contributed by atoms with Gasteiger partial charge in [-0.25, -0.2) is 0 Å². The third-order valence-electron chi connectivity index (χ3n) is 4.08. The van der Waals surface area contributed by atoms with Crippen LogP contribution < -0.4 is 10.6 Å². The quantitative estimate of drug-likeness (QED) is 0.388. The summed E-state index contributed by atoms with van der Waals surface area (Å²) in [6.45, 7) is 11.8. The number of halogens is 2. The molecule has 0 amide bonds. The van der Waals surface area contributed by atoms with E-state index < -0.39 is 0 Å². The standard InChI is InChI=1S/C15H30N4O2S.2BrH/c22-15(16-3-1-5-18-7-11-20-12-8-18)17-4-2-6-19-9-13-21-14-10-19;;/h1-14H2,(H2,16,17,22);2*1H. The van der Waals surface area contributed by atoms with E-state index in [0.717, 1.165) is 96.7 Å². The van der Waals surface area contributed by atoms with Crippen molar-refractivity contribution in [2.75, 3.05) is 78.8 Å². The third-order valence-corrected chi connectivity index (χ3v) is 4.37. The Balaban J connectivity index is 0.00000264. The molecule has 0 radical (unpaired) electrons. The van der Waals surface area contributed by atoms with Crippen molar-refractivity contribution in [2.45, 2.75) is 12.8 Å². The van der Waals surface area contributed by atoms with Gasteiger partial charge in [-0.15, -0.1) is 34.0 Å². The Morgan fingerprint density at radius 1 is 0.750 bits per heavy atom. The molecule has 0 aromatic carbocycles. The molecule has 2 aliphatic heterocycles. The predicted octanol–water partition coefficient (Wildman–Crippen LogP) is 1.05. The van der Waals surface area contributed by atoms with Gasteiger partial charge in [0.25, 0.3) is 0 Å². The van der Waals surface area contributed by atoms with E-state index in [9.17, 15) is 0 Å². The maximum absolute atomic E-state index is 5.34. The molecule has 2 aliphatic rings. The summed E-state index contributed by atoms with van der Waals surface area (Å²) in [5, 5.41) is 7.36. The van der Waals surface area contributed by atoms with Crippen LogP contribution in [0.2, 0.25) is 0 Å². The zero-order valence-electron chi connectivity index (χ0n) is 14.3. The summed E-state index contributed by atoms with van der Waals surface area (Å²) in [6, 6.07) is 0. The molecule has 2 saturated heterocycles. The molecule has 2 fully saturated rings. The van der Waals surface area contributed by atoms with Gasteiger partial charge in [-0.2, -0.15) is 0 Å². The molecule has 2 heterocycles. The Morgan fingerprint density at radius 2 is 1.12 bits per heavy atom. The molecule has 0 aliphatic carbocycles. The Bertz CT molecular complexity index is 290. The van der Waals surface area contributed by atoms with Crippen LogP contribution in [-0.4, -0.2) is 93.7 Å². The van der Waals surface area contributed by atoms with Crippen molar-refractivity contribution in [2.24, 2.45) is 0 Å². The van der Waals surface area contributed by atoms with Crippen LogP contribution in [0.1, 0.15) is 12.8 Å². The largest absolute Gasteiger partial charge is 0.379 e. The number of morpholine rings is 2. The highest BCUT2D eigenvalue weighted by Gasteiger charge is 2.10. The Labute approximate surface area is 172 Å². The lowest BCUT2D eigenvalue weighted by atomic mass is 10.3. The molecule has 0 spiro atoms. The highest BCUT2D eigenvalue weighted by atomic mass is 79.9. The minimum atomic E-state index is 0. The Kier molecular flexibility index (Phi) is 16.0. The van der Waals surface area contributed by atoms with Gasteiger partial charge in [-0.3, -0.25) is 9.80 Å². The van der Waals surface area contributed by atoms with E-state index in [4.69, 9.17) is 21.7 Å². The Morgan fingerprint density at radius 3 is 1.50 bits per heavy atom. The molecule has 0 aromatic rings. The molecule has 144 valence electrons. The van der Waals surface area contributed by atoms with Crippen molar-refractivity contribution in [3.05, 3.63) is 0 Å². The summed E-state index contributed by atoms with van der Waals surface area (Å²) < 4.78 is 10.7. The van der Waals surface area contributed by atoms with E-state index >= 15 is 0 Å². The minimum Gasteiger partial charge on any atom is -0.379 e. The molecular formula is C15H32Br2N4O2S. The van der Waals surface area contributed by atoms with Gasteiger partial charge in [0, 0.05) is 39.3 Å². The first kappa shape index (κ1) is 24.5. The predicted molar refractivity (Wildman–Crippen MR) is 113 cm³/mol. The first-order valence-corrected chi connectivity index (χ1v) is 8.87. The fraction of sp³-hybridized carbons (Fsp3) is 0.933. The number of nitrogens with zero attached hydrogens (tertiary/aromatic N) is 2. The summed E-state index contributed by atoms with van der Waals surface area (Å²) in [5.41, 5.74) is 0. The fourth-order valence-corrected chi connectivity index (χ4v) is 2.93. The second kappa shape index (κ2) is 15.7. The van der Waals surface area contributed by atoms with Gasteiger partial charge in [-0.05, 0) is 38.1 Å². The van der Waals surface area contributed by atoms with Gasteiger partial charge in [0.05, 0.1) is 26.4 Å². The van der Waals surface area contributed by atoms with Crippen molar-refractivity contribution in [1.29, 1.82) is 0 Å². The normalized spacial score (nSPS) is 19.0. The number of nitrogens with one attached hydrogen (secondary N) is 2. The summed E-state index contributed by atoms with van der Waals surface area (Å²) in [6.07, 6.45) is 2.24. The van der Waals surface area contributed by atoms with Crippen LogP contribution in [-0.2, 0) is 9.47 Å². The van der Waals surface area contributed by atoms with Gasteiger partial charge in [-0.1, -0.05) is 0 Å². The number of rotatable bonds is 8. The summed E-state index contributed by atoms with van der Waals surface area (Å²) in [7, 11) is 0. The monoisotopic (exact) mass is 490 g/mol. The molecule has 24 heavy (non-hydrogen) atoms. The Hall–Kier alpha value is 0.490. The maximum atomic E-state index is 5.34. The van der Waals surface area contributed by atoms with Gasteiger partial charge >= 0.3 is 0 Å². The smallest absolute Gasteiger partial charge is 0.166 e. The van der Waals surface area contributed by atoms with Crippen LogP contribution in [0, 0.1) is 0 Å². The lowest BCUT2D eigenvalue weighted by Crippen LogP contribution is -2.41. The van der Waals surface area contributed by atoms with Crippen molar-refractivity contribution in [1.82, 2.24) is 20.4 Å². The maximum Gasteiger partial charge on any atom is 0.166 e. The van der Waals surface area contributed by atoms with Gasteiger partial charge in [0.2, 0.25) is 0 Å². The molecule has 0 unspecified atom stereocenters. The second-order valence-electron chi connectivity index (χ2n) is 5.80. The van der Waals surface area contributed by atoms with Crippen molar-refractivity contribution in [3.63, 3.8) is 0 Å². The van der Waals surface area contributed by atoms with Crippen molar-refractivity contribution >= 4 is 51.3 Å². The highest BCUT2D eigenvalue weighted by molar-refractivity contribution is 8.93. The molecule has 0 aromatic heterocycles. The molecule has 6 nitrogen and oxygen atoms in total. The molecule has 2 N–H and O–H groups in total. The zero-order valence-corrected chi connectivity index (χ0v) is 18.6. The lowest BCUT2D eigenvalue weighted by Gasteiger charge is -2.26.